The van der Waals surface area contributed by atoms with E-state index in [2.05, 4.69) is 0 Å². The Morgan fingerprint density at radius 2 is 1.81 bits per heavy atom. The molecule has 1 aromatic carbocycles. The molecule has 6 nitrogen and oxygen atoms in total. The molecular weight excluding hydrogens is 380 g/mol. The number of thiol groups is 1. The van der Waals surface area contributed by atoms with Crippen LogP contribution in [0.1, 0.15) is 48.0 Å². The molecule has 0 spiro atoms. The van der Waals surface area contributed by atoms with Gasteiger partial charge in [0.1, 0.15) is 22.4 Å². The standard InChI is InChI=1S/C18H19ClO6S/c19-16-12(17(22)15-13(20)2-1-3-14(15)21)7-6-11(9-26(23)24)18(16)25-8-10-4-5-10/h6-7,10,15,26H,1-5,8-9H2. The predicted octanol–water partition coefficient (Wildman–Crippen LogP) is 2.36. The van der Waals surface area contributed by atoms with E-state index in [0.717, 1.165) is 12.8 Å². The van der Waals surface area contributed by atoms with E-state index >= 15 is 0 Å². The molecule has 0 N–H and O–H groups in total. The zero-order valence-electron chi connectivity index (χ0n) is 14.0. The first-order valence-electron chi connectivity index (χ1n) is 8.54. The second-order valence-corrected chi connectivity index (χ2v) is 8.10. The largest absolute Gasteiger partial charge is 0.491 e. The van der Waals surface area contributed by atoms with E-state index in [0.29, 0.717) is 24.5 Å². The van der Waals surface area contributed by atoms with E-state index in [9.17, 15) is 22.8 Å². The van der Waals surface area contributed by atoms with Gasteiger partial charge in [-0.2, -0.15) is 0 Å². The molecule has 0 aromatic heterocycles. The molecule has 140 valence electrons. The number of ketones is 3. The van der Waals surface area contributed by atoms with Gasteiger partial charge in [-0.25, -0.2) is 8.42 Å². The van der Waals surface area contributed by atoms with Crippen molar-refractivity contribution in [3.8, 4) is 5.75 Å². The minimum absolute atomic E-state index is 0.0240. The molecule has 0 aliphatic heterocycles. The second-order valence-electron chi connectivity index (χ2n) is 6.74. The molecule has 0 atom stereocenters. The van der Waals surface area contributed by atoms with E-state index in [1.165, 1.54) is 12.1 Å². The number of ether oxygens (including phenoxy) is 1. The van der Waals surface area contributed by atoms with Crippen LogP contribution in [0.25, 0.3) is 0 Å². The first-order valence-corrected chi connectivity index (χ1v) is 10.3. The van der Waals surface area contributed by atoms with Crippen LogP contribution in [0.15, 0.2) is 12.1 Å². The van der Waals surface area contributed by atoms with Gasteiger partial charge in [-0.15, -0.1) is 0 Å². The normalized spacial score (nSPS) is 18.4. The Labute approximate surface area is 157 Å². The average Bonchev–Trinajstić information content (AvgIpc) is 3.38. The highest BCUT2D eigenvalue weighted by Gasteiger charge is 2.38. The summed E-state index contributed by atoms with van der Waals surface area (Å²) in [6, 6.07) is 2.84. The molecule has 0 amide bonds. The molecular formula is C18H19ClO6S. The molecule has 0 heterocycles. The van der Waals surface area contributed by atoms with Gasteiger partial charge >= 0.3 is 0 Å². The number of carbonyl (C=O) groups excluding carboxylic acids is 3. The summed E-state index contributed by atoms with van der Waals surface area (Å²) in [5.74, 6) is -2.45. The maximum atomic E-state index is 12.8. The fraction of sp³-hybridized carbons (Fsp3) is 0.500. The summed E-state index contributed by atoms with van der Waals surface area (Å²) < 4.78 is 27.9. The van der Waals surface area contributed by atoms with Crippen LogP contribution in [-0.4, -0.2) is 32.4 Å². The van der Waals surface area contributed by atoms with E-state index in [1.54, 1.807) is 0 Å². The zero-order chi connectivity index (χ0) is 18.8. The summed E-state index contributed by atoms with van der Waals surface area (Å²) in [5, 5.41) is -0.0313. The summed E-state index contributed by atoms with van der Waals surface area (Å²) in [6.07, 6.45) is 2.92. The Morgan fingerprint density at radius 3 is 2.38 bits per heavy atom. The molecule has 0 bridgehead atoms. The Morgan fingerprint density at radius 1 is 1.15 bits per heavy atom. The fourth-order valence-corrected chi connectivity index (χ4v) is 3.90. The van der Waals surface area contributed by atoms with Crippen LogP contribution in [0.2, 0.25) is 5.02 Å². The van der Waals surface area contributed by atoms with Crippen molar-refractivity contribution >= 4 is 39.7 Å². The first-order chi connectivity index (χ1) is 12.4. The predicted molar refractivity (Wildman–Crippen MR) is 95.4 cm³/mol. The van der Waals surface area contributed by atoms with Crippen molar-refractivity contribution in [1.29, 1.82) is 0 Å². The monoisotopic (exact) mass is 398 g/mol. The number of halogens is 1. The smallest absolute Gasteiger partial charge is 0.182 e. The van der Waals surface area contributed by atoms with Crippen molar-refractivity contribution in [3.63, 3.8) is 0 Å². The summed E-state index contributed by atoms with van der Waals surface area (Å²) in [6.45, 7) is 0.390. The third-order valence-corrected chi connectivity index (χ3v) is 5.63. The van der Waals surface area contributed by atoms with Gasteiger partial charge in [-0.3, -0.25) is 14.4 Å². The van der Waals surface area contributed by atoms with E-state index in [1.807, 2.05) is 0 Å². The number of carbonyl (C=O) groups is 3. The van der Waals surface area contributed by atoms with Gasteiger partial charge in [-0.05, 0) is 31.2 Å². The minimum atomic E-state index is -2.70. The van der Waals surface area contributed by atoms with Crippen molar-refractivity contribution in [2.75, 3.05) is 6.61 Å². The molecule has 2 aliphatic carbocycles. The lowest BCUT2D eigenvalue weighted by Crippen LogP contribution is -2.35. The van der Waals surface area contributed by atoms with Crippen molar-refractivity contribution in [3.05, 3.63) is 28.3 Å². The Hall–Kier alpha value is -1.73. The second kappa shape index (κ2) is 7.88. The molecule has 1 aromatic rings. The summed E-state index contributed by atoms with van der Waals surface area (Å²) >= 11 is 6.35. The van der Waals surface area contributed by atoms with Crippen LogP contribution >= 0.6 is 11.6 Å². The molecule has 2 fully saturated rings. The number of benzene rings is 1. The SMILES string of the molecule is O=C1CCCC(=O)C1C(=O)c1ccc(C[SH](=O)=O)c(OCC2CC2)c1Cl. The van der Waals surface area contributed by atoms with Crippen LogP contribution in [0.3, 0.4) is 0 Å². The van der Waals surface area contributed by atoms with Gasteiger partial charge in [0.15, 0.2) is 17.3 Å². The van der Waals surface area contributed by atoms with Gasteiger partial charge in [0.05, 0.1) is 17.4 Å². The maximum absolute atomic E-state index is 12.8. The van der Waals surface area contributed by atoms with Crippen molar-refractivity contribution in [2.24, 2.45) is 11.8 Å². The number of hydrogen-bond donors (Lipinski definition) is 1. The van der Waals surface area contributed by atoms with Crippen LogP contribution in [0, 0.1) is 11.8 Å². The van der Waals surface area contributed by atoms with Gasteiger partial charge in [0.2, 0.25) is 0 Å². The summed E-state index contributed by atoms with van der Waals surface area (Å²) in [4.78, 5) is 36.9. The summed E-state index contributed by atoms with van der Waals surface area (Å²) in [5.41, 5.74) is 0.389. The molecule has 0 unspecified atom stereocenters. The quantitative estimate of drug-likeness (QED) is 0.430. The van der Waals surface area contributed by atoms with Gasteiger partial charge in [0, 0.05) is 24.0 Å². The highest BCUT2D eigenvalue weighted by Crippen LogP contribution is 2.37. The van der Waals surface area contributed by atoms with Gasteiger partial charge < -0.3 is 4.74 Å². The number of Topliss-reactive ketones (excluding diaryl/α,β-unsaturated/α-hetero) is 3. The molecule has 2 saturated carbocycles. The third kappa shape index (κ3) is 4.15. The fourth-order valence-electron chi connectivity index (χ4n) is 3.04. The molecule has 26 heavy (non-hydrogen) atoms. The van der Waals surface area contributed by atoms with Crippen LogP contribution < -0.4 is 4.74 Å². The van der Waals surface area contributed by atoms with Crippen LogP contribution in [0.5, 0.6) is 5.75 Å². The Balaban J connectivity index is 1.95. The van der Waals surface area contributed by atoms with Crippen molar-refractivity contribution < 1.29 is 27.5 Å². The Bertz CT molecular complexity index is 816. The molecule has 2 aliphatic rings. The average molecular weight is 399 g/mol. The van der Waals surface area contributed by atoms with E-state index < -0.39 is 34.0 Å². The molecule has 0 saturated heterocycles. The minimum Gasteiger partial charge on any atom is -0.491 e. The van der Waals surface area contributed by atoms with Gasteiger partial charge in [-0.1, -0.05) is 17.7 Å². The maximum Gasteiger partial charge on any atom is 0.182 e. The highest BCUT2D eigenvalue weighted by atomic mass is 35.5. The topological polar surface area (TPSA) is 94.6 Å². The number of rotatable bonds is 7. The molecule has 3 rings (SSSR count). The first kappa shape index (κ1) is 19.0. The zero-order valence-corrected chi connectivity index (χ0v) is 15.7. The van der Waals surface area contributed by atoms with Crippen LogP contribution in [-0.2, 0) is 26.0 Å². The van der Waals surface area contributed by atoms with E-state index in [-0.39, 0.29) is 34.9 Å². The molecule has 8 heteroatoms. The van der Waals surface area contributed by atoms with Crippen molar-refractivity contribution in [1.82, 2.24) is 0 Å². The van der Waals surface area contributed by atoms with E-state index in [4.69, 9.17) is 16.3 Å². The van der Waals surface area contributed by atoms with Gasteiger partial charge in [0.25, 0.3) is 0 Å². The lowest BCUT2D eigenvalue weighted by molar-refractivity contribution is -0.133. The third-order valence-electron chi connectivity index (χ3n) is 4.66. The van der Waals surface area contributed by atoms with Crippen LogP contribution in [0.4, 0.5) is 0 Å². The Kier molecular flexibility index (Phi) is 5.77. The lowest BCUT2D eigenvalue weighted by atomic mass is 9.81. The molecule has 0 radical (unpaired) electrons. The highest BCUT2D eigenvalue weighted by molar-refractivity contribution is 7.71. The lowest BCUT2D eigenvalue weighted by Gasteiger charge is -2.20. The summed E-state index contributed by atoms with van der Waals surface area (Å²) in [7, 11) is -2.70. The van der Waals surface area contributed by atoms with Crippen molar-refractivity contribution in [2.45, 2.75) is 37.9 Å². The number of hydrogen-bond acceptors (Lipinski definition) is 6.